The first kappa shape index (κ1) is 12.3. The minimum Gasteiger partial charge on any atom is -0.394 e. The van der Waals surface area contributed by atoms with Crippen molar-refractivity contribution in [1.82, 2.24) is 4.90 Å². The molecule has 16 heavy (non-hydrogen) atoms. The standard InChI is InChI=1S/C10H12INO3S/c11-9-3-7(6-16-9)10(14)12-1-2-15-8(4-12)5-13/h3,6,8,13H,1-2,4-5H2. The van der Waals surface area contributed by atoms with Crippen molar-refractivity contribution in [2.24, 2.45) is 0 Å². The number of halogens is 1. The molecule has 0 bridgehead atoms. The van der Waals surface area contributed by atoms with Gasteiger partial charge in [0.25, 0.3) is 5.91 Å². The van der Waals surface area contributed by atoms with E-state index in [1.54, 1.807) is 16.2 Å². The number of rotatable bonds is 2. The maximum Gasteiger partial charge on any atom is 0.254 e. The maximum atomic E-state index is 12.1. The van der Waals surface area contributed by atoms with E-state index >= 15 is 0 Å². The molecule has 1 N–H and O–H groups in total. The summed E-state index contributed by atoms with van der Waals surface area (Å²) in [6, 6.07) is 1.89. The zero-order valence-electron chi connectivity index (χ0n) is 8.56. The molecule has 1 aliphatic rings. The highest BCUT2D eigenvalue weighted by Crippen LogP contribution is 2.19. The van der Waals surface area contributed by atoms with E-state index in [1.165, 1.54) is 0 Å². The lowest BCUT2D eigenvalue weighted by Gasteiger charge is -2.31. The van der Waals surface area contributed by atoms with Crippen LogP contribution >= 0.6 is 33.9 Å². The smallest absolute Gasteiger partial charge is 0.254 e. The van der Waals surface area contributed by atoms with E-state index in [2.05, 4.69) is 22.6 Å². The molecule has 1 atom stereocenters. The fraction of sp³-hybridized carbons (Fsp3) is 0.500. The van der Waals surface area contributed by atoms with Crippen LogP contribution in [0.2, 0.25) is 0 Å². The number of carbonyl (C=O) groups is 1. The Bertz CT molecular complexity index is 382. The lowest BCUT2D eigenvalue weighted by molar-refractivity contribution is -0.0447. The monoisotopic (exact) mass is 353 g/mol. The van der Waals surface area contributed by atoms with Crippen molar-refractivity contribution in [2.75, 3.05) is 26.3 Å². The first-order valence-corrected chi connectivity index (χ1v) is 6.92. The average molecular weight is 353 g/mol. The minimum atomic E-state index is -0.240. The number of hydrogen-bond acceptors (Lipinski definition) is 4. The van der Waals surface area contributed by atoms with Crippen molar-refractivity contribution in [3.63, 3.8) is 0 Å². The minimum absolute atomic E-state index is 0.0286. The molecule has 88 valence electrons. The average Bonchev–Trinajstić information content (AvgIpc) is 2.75. The van der Waals surface area contributed by atoms with Crippen LogP contribution in [0.5, 0.6) is 0 Å². The highest BCUT2D eigenvalue weighted by atomic mass is 127. The number of thiophene rings is 1. The fourth-order valence-electron chi connectivity index (χ4n) is 1.62. The number of aliphatic hydroxyl groups is 1. The molecule has 1 aliphatic heterocycles. The van der Waals surface area contributed by atoms with E-state index in [0.29, 0.717) is 19.7 Å². The summed E-state index contributed by atoms with van der Waals surface area (Å²) < 4.78 is 6.41. The van der Waals surface area contributed by atoms with Crippen molar-refractivity contribution in [3.05, 3.63) is 19.9 Å². The lowest BCUT2D eigenvalue weighted by Crippen LogP contribution is -2.46. The normalized spacial score (nSPS) is 21.1. The summed E-state index contributed by atoms with van der Waals surface area (Å²) >= 11 is 3.76. The predicted molar refractivity (Wildman–Crippen MR) is 69.8 cm³/mol. The second-order valence-electron chi connectivity index (χ2n) is 3.57. The molecule has 1 amide bonds. The highest BCUT2D eigenvalue weighted by molar-refractivity contribution is 14.1. The van der Waals surface area contributed by atoms with Gasteiger partial charge < -0.3 is 14.7 Å². The molecule has 1 unspecified atom stereocenters. The van der Waals surface area contributed by atoms with Gasteiger partial charge in [-0.25, -0.2) is 0 Å². The van der Waals surface area contributed by atoms with Gasteiger partial charge in [-0.05, 0) is 28.7 Å². The third kappa shape index (κ3) is 2.73. The first-order valence-electron chi connectivity index (χ1n) is 4.96. The summed E-state index contributed by atoms with van der Waals surface area (Å²) in [5.41, 5.74) is 0.730. The molecule has 1 aromatic rings. The number of ether oxygens (including phenoxy) is 1. The van der Waals surface area contributed by atoms with Gasteiger partial charge in [0.1, 0.15) is 0 Å². The molecule has 2 heterocycles. The first-order chi connectivity index (χ1) is 7.70. The number of nitrogens with zero attached hydrogens (tertiary/aromatic N) is 1. The second kappa shape index (κ2) is 5.44. The predicted octanol–water partition coefficient (Wildman–Crippen LogP) is 1.19. The molecule has 0 spiro atoms. The molecule has 1 aromatic heterocycles. The molecular formula is C10H12INO3S. The van der Waals surface area contributed by atoms with Gasteiger partial charge in [-0.3, -0.25) is 4.79 Å². The number of hydrogen-bond donors (Lipinski definition) is 1. The van der Waals surface area contributed by atoms with E-state index in [4.69, 9.17) is 9.84 Å². The van der Waals surface area contributed by atoms with Crippen LogP contribution in [0.4, 0.5) is 0 Å². The molecule has 4 nitrogen and oxygen atoms in total. The quantitative estimate of drug-likeness (QED) is 0.813. The largest absolute Gasteiger partial charge is 0.394 e. The number of morpholine rings is 1. The van der Waals surface area contributed by atoms with Crippen LogP contribution in [0.3, 0.4) is 0 Å². The SMILES string of the molecule is O=C(c1csc(I)c1)N1CCOC(CO)C1. The van der Waals surface area contributed by atoms with Gasteiger partial charge in [-0.2, -0.15) is 0 Å². The molecule has 1 fully saturated rings. The Balaban J connectivity index is 2.04. The van der Waals surface area contributed by atoms with E-state index in [9.17, 15) is 4.79 Å². The topological polar surface area (TPSA) is 49.8 Å². The third-order valence-corrected chi connectivity index (χ3v) is 4.23. The fourth-order valence-corrected chi connectivity index (χ4v) is 2.94. The Labute approximate surface area is 111 Å². The van der Waals surface area contributed by atoms with Crippen LogP contribution in [0.1, 0.15) is 10.4 Å². The van der Waals surface area contributed by atoms with Crippen molar-refractivity contribution in [2.45, 2.75) is 6.10 Å². The summed E-state index contributed by atoms with van der Waals surface area (Å²) in [5, 5.41) is 10.9. The van der Waals surface area contributed by atoms with Crippen LogP contribution in [-0.4, -0.2) is 48.3 Å². The van der Waals surface area contributed by atoms with Gasteiger partial charge in [-0.15, -0.1) is 11.3 Å². The number of aliphatic hydroxyl groups excluding tert-OH is 1. The Hall–Kier alpha value is -0.180. The van der Waals surface area contributed by atoms with Crippen molar-refractivity contribution in [1.29, 1.82) is 0 Å². The van der Waals surface area contributed by atoms with E-state index in [0.717, 1.165) is 8.45 Å². The van der Waals surface area contributed by atoms with Gasteiger partial charge in [0, 0.05) is 18.5 Å². The molecule has 0 aliphatic carbocycles. The molecule has 6 heteroatoms. The molecule has 2 rings (SSSR count). The molecule has 0 aromatic carbocycles. The van der Waals surface area contributed by atoms with Crippen LogP contribution in [0, 0.1) is 2.88 Å². The summed E-state index contributed by atoms with van der Waals surface area (Å²) in [7, 11) is 0. The molecule has 0 radical (unpaired) electrons. The van der Waals surface area contributed by atoms with Crippen LogP contribution in [-0.2, 0) is 4.74 Å². The van der Waals surface area contributed by atoms with Crippen LogP contribution in [0.25, 0.3) is 0 Å². The molecular weight excluding hydrogens is 341 g/mol. The summed E-state index contributed by atoms with van der Waals surface area (Å²) in [4.78, 5) is 13.8. The van der Waals surface area contributed by atoms with Gasteiger partial charge in [-0.1, -0.05) is 0 Å². The summed E-state index contributed by atoms with van der Waals surface area (Å²) in [5.74, 6) is 0.0286. The van der Waals surface area contributed by atoms with Crippen molar-refractivity contribution in [3.8, 4) is 0 Å². The third-order valence-electron chi connectivity index (χ3n) is 2.44. The zero-order chi connectivity index (χ0) is 11.5. The van der Waals surface area contributed by atoms with Crippen LogP contribution in [0.15, 0.2) is 11.4 Å². The highest BCUT2D eigenvalue weighted by Gasteiger charge is 2.24. The maximum absolute atomic E-state index is 12.1. The summed E-state index contributed by atoms with van der Waals surface area (Å²) in [6.45, 7) is 1.53. The van der Waals surface area contributed by atoms with E-state index in [1.807, 2.05) is 11.4 Å². The van der Waals surface area contributed by atoms with Gasteiger partial charge >= 0.3 is 0 Å². The molecule has 0 saturated carbocycles. The number of amides is 1. The van der Waals surface area contributed by atoms with Crippen molar-refractivity contribution < 1.29 is 14.6 Å². The Morgan fingerprint density at radius 1 is 1.75 bits per heavy atom. The van der Waals surface area contributed by atoms with E-state index < -0.39 is 0 Å². The van der Waals surface area contributed by atoms with Crippen molar-refractivity contribution >= 4 is 39.8 Å². The van der Waals surface area contributed by atoms with Gasteiger partial charge in [0.15, 0.2) is 0 Å². The summed E-state index contributed by atoms with van der Waals surface area (Å²) in [6.07, 6.45) is -0.240. The van der Waals surface area contributed by atoms with Crippen LogP contribution < -0.4 is 0 Å². The Morgan fingerprint density at radius 3 is 3.19 bits per heavy atom. The second-order valence-corrected chi connectivity index (χ2v) is 6.37. The zero-order valence-corrected chi connectivity index (χ0v) is 11.5. The lowest BCUT2D eigenvalue weighted by atomic mass is 10.2. The number of carbonyl (C=O) groups excluding carboxylic acids is 1. The Morgan fingerprint density at radius 2 is 2.56 bits per heavy atom. The van der Waals surface area contributed by atoms with Gasteiger partial charge in [0.2, 0.25) is 0 Å². The van der Waals surface area contributed by atoms with Gasteiger partial charge in [0.05, 0.1) is 27.8 Å². The van der Waals surface area contributed by atoms with E-state index in [-0.39, 0.29) is 18.6 Å². The molecule has 1 saturated heterocycles. The Kier molecular flexibility index (Phi) is 4.17.